The number of nitrogens with one attached hydrogen (secondary N) is 1. The Morgan fingerprint density at radius 2 is 2.05 bits per heavy atom. The molecule has 0 aliphatic carbocycles. The Hall–Kier alpha value is -1.99. The predicted molar refractivity (Wildman–Crippen MR) is 65.4 cm³/mol. The molecule has 7 heteroatoms. The fraction of sp³-hybridized carbons (Fsp3) is 0.250. The van der Waals surface area contributed by atoms with Crippen LogP contribution in [0.15, 0.2) is 36.5 Å². The minimum Gasteiger partial charge on any atom is -0.434 e. The minimum atomic E-state index is -2.89. The van der Waals surface area contributed by atoms with Gasteiger partial charge >= 0.3 is 6.61 Å². The Morgan fingerprint density at radius 3 is 2.63 bits per heavy atom. The van der Waals surface area contributed by atoms with Crippen LogP contribution in [-0.4, -0.2) is 16.4 Å². The summed E-state index contributed by atoms with van der Waals surface area (Å²) in [6.07, 6.45) is 1.75. The molecule has 0 radical (unpaired) electrons. The third-order valence-corrected chi connectivity index (χ3v) is 2.64. The van der Waals surface area contributed by atoms with Gasteiger partial charge in [-0.05, 0) is 12.1 Å². The largest absolute Gasteiger partial charge is 0.434 e. The van der Waals surface area contributed by atoms with Crippen LogP contribution in [0, 0.1) is 0 Å². The highest BCUT2D eigenvalue weighted by molar-refractivity contribution is 5.39. The van der Waals surface area contributed by atoms with E-state index in [1.54, 1.807) is 42.2 Å². The van der Waals surface area contributed by atoms with Crippen LogP contribution in [0.4, 0.5) is 8.78 Å². The number of alkyl halides is 2. The summed E-state index contributed by atoms with van der Waals surface area (Å²) < 4.78 is 30.9. The summed E-state index contributed by atoms with van der Waals surface area (Å²) >= 11 is 0. The van der Waals surface area contributed by atoms with Crippen LogP contribution in [0.2, 0.25) is 0 Å². The third kappa shape index (κ3) is 3.07. The van der Waals surface area contributed by atoms with Crippen molar-refractivity contribution in [3.63, 3.8) is 0 Å². The first-order valence-corrected chi connectivity index (χ1v) is 5.61. The molecule has 2 rings (SSSR count). The van der Waals surface area contributed by atoms with Gasteiger partial charge in [0.15, 0.2) is 0 Å². The van der Waals surface area contributed by atoms with Gasteiger partial charge in [-0.3, -0.25) is 10.5 Å². The van der Waals surface area contributed by atoms with Crippen molar-refractivity contribution in [2.24, 2.45) is 12.9 Å². The van der Waals surface area contributed by atoms with Crippen LogP contribution in [0.1, 0.15) is 17.3 Å². The van der Waals surface area contributed by atoms with E-state index in [1.165, 1.54) is 6.07 Å². The molecule has 1 unspecified atom stereocenters. The van der Waals surface area contributed by atoms with E-state index in [-0.39, 0.29) is 5.75 Å². The van der Waals surface area contributed by atoms with Gasteiger partial charge < -0.3 is 4.74 Å². The molecule has 1 aromatic carbocycles. The Balaban J connectivity index is 2.38. The molecular formula is C12H14F2N4O. The molecule has 0 saturated heterocycles. The molecular weight excluding hydrogens is 254 g/mol. The molecule has 0 spiro atoms. The monoisotopic (exact) mass is 268 g/mol. The zero-order valence-electron chi connectivity index (χ0n) is 10.3. The Kier molecular flexibility index (Phi) is 4.08. The van der Waals surface area contributed by atoms with Gasteiger partial charge in [-0.2, -0.15) is 13.9 Å². The Bertz CT molecular complexity index is 544. The van der Waals surface area contributed by atoms with Gasteiger partial charge in [-0.25, -0.2) is 5.43 Å². The van der Waals surface area contributed by atoms with E-state index in [2.05, 4.69) is 15.3 Å². The van der Waals surface area contributed by atoms with Crippen molar-refractivity contribution in [2.45, 2.75) is 12.7 Å². The molecule has 1 aromatic heterocycles. The molecule has 5 nitrogen and oxygen atoms in total. The van der Waals surface area contributed by atoms with E-state index in [0.29, 0.717) is 11.3 Å². The first kappa shape index (κ1) is 13.4. The van der Waals surface area contributed by atoms with Crippen LogP contribution in [0.5, 0.6) is 5.75 Å². The summed E-state index contributed by atoms with van der Waals surface area (Å²) in [5.74, 6) is 5.58. The quantitative estimate of drug-likeness (QED) is 0.638. The molecule has 19 heavy (non-hydrogen) atoms. The topological polar surface area (TPSA) is 65.1 Å². The van der Waals surface area contributed by atoms with Crippen molar-refractivity contribution in [3.8, 4) is 5.75 Å². The number of aromatic nitrogens is 2. The Morgan fingerprint density at radius 1 is 1.32 bits per heavy atom. The van der Waals surface area contributed by atoms with E-state index in [1.807, 2.05) is 0 Å². The second-order valence-electron chi connectivity index (χ2n) is 3.93. The molecule has 0 aliphatic heterocycles. The van der Waals surface area contributed by atoms with E-state index in [0.717, 1.165) is 0 Å². The predicted octanol–water partition coefficient (Wildman–Crippen LogP) is 1.57. The summed E-state index contributed by atoms with van der Waals surface area (Å²) in [5.41, 5.74) is 3.69. The number of halogens is 2. The molecule has 0 bridgehead atoms. The summed E-state index contributed by atoms with van der Waals surface area (Å²) in [4.78, 5) is 0. The molecule has 0 saturated carbocycles. The number of hydrogen-bond acceptors (Lipinski definition) is 4. The van der Waals surface area contributed by atoms with E-state index >= 15 is 0 Å². The van der Waals surface area contributed by atoms with E-state index in [4.69, 9.17) is 5.84 Å². The lowest BCUT2D eigenvalue weighted by Crippen LogP contribution is -2.29. The highest BCUT2D eigenvalue weighted by Crippen LogP contribution is 2.29. The van der Waals surface area contributed by atoms with Gasteiger partial charge in [-0.15, -0.1) is 0 Å². The molecule has 0 amide bonds. The second kappa shape index (κ2) is 5.77. The Labute approximate surface area is 108 Å². The number of rotatable bonds is 5. The van der Waals surface area contributed by atoms with Gasteiger partial charge in [0.1, 0.15) is 5.75 Å². The number of benzene rings is 1. The number of hydrazine groups is 1. The lowest BCUT2D eigenvalue weighted by molar-refractivity contribution is -0.0506. The van der Waals surface area contributed by atoms with Gasteiger partial charge in [0.05, 0.1) is 11.7 Å². The van der Waals surface area contributed by atoms with Crippen LogP contribution in [0.3, 0.4) is 0 Å². The summed E-state index contributed by atoms with van der Waals surface area (Å²) in [6, 6.07) is 7.71. The fourth-order valence-corrected chi connectivity index (χ4v) is 1.84. The number of nitrogens with two attached hydrogens (primary N) is 1. The molecule has 3 N–H and O–H groups in total. The number of hydrogen-bond donors (Lipinski definition) is 2. The molecule has 1 atom stereocenters. The van der Waals surface area contributed by atoms with Crippen LogP contribution >= 0.6 is 0 Å². The summed E-state index contributed by atoms with van der Waals surface area (Å²) in [6.45, 7) is -2.89. The zero-order valence-corrected chi connectivity index (χ0v) is 10.3. The van der Waals surface area contributed by atoms with Gasteiger partial charge in [0.25, 0.3) is 0 Å². The molecule has 1 heterocycles. The minimum absolute atomic E-state index is 0.0751. The summed E-state index contributed by atoms with van der Waals surface area (Å²) in [5, 5.41) is 4.21. The molecule has 102 valence electrons. The number of aryl methyl sites for hydroxylation is 1. The van der Waals surface area contributed by atoms with E-state index < -0.39 is 12.7 Å². The van der Waals surface area contributed by atoms with Crippen LogP contribution in [0.25, 0.3) is 0 Å². The molecule has 2 aromatic rings. The smallest absolute Gasteiger partial charge is 0.387 e. The maximum atomic E-state index is 12.4. The van der Waals surface area contributed by atoms with Crippen LogP contribution < -0.4 is 16.0 Å². The van der Waals surface area contributed by atoms with Crippen LogP contribution in [-0.2, 0) is 7.05 Å². The first-order chi connectivity index (χ1) is 9.11. The maximum absolute atomic E-state index is 12.4. The van der Waals surface area contributed by atoms with Crippen molar-refractivity contribution < 1.29 is 13.5 Å². The third-order valence-electron chi connectivity index (χ3n) is 2.64. The molecule has 0 aliphatic rings. The van der Waals surface area contributed by atoms with Crippen molar-refractivity contribution >= 4 is 0 Å². The zero-order chi connectivity index (χ0) is 13.8. The van der Waals surface area contributed by atoms with Gasteiger partial charge in [-0.1, -0.05) is 18.2 Å². The normalized spacial score (nSPS) is 12.7. The van der Waals surface area contributed by atoms with Crippen molar-refractivity contribution in [1.82, 2.24) is 15.2 Å². The summed E-state index contributed by atoms with van der Waals surface area (Å²) in [7, 11) is 1.76. The van der Waals surface area contributed by atoms with Gasteiger partial charge in [0, 0.05) is 18.8 Å². The fourth-order valence-electron chi connectivity index (χ4n) is 1.84. The lowest BCUT2D eigenvalue weighted by atomic mass is 10.0. The number of ether oxygens (including phenoxy) is 1. The SMILES string of the molecule is Cn1ccc(C(NN)c2ccccc2OC(F)F)n1. The standard InChI is InChI=1S/C12H14F2N4O/c1-18-7-6-9(17-18)11(16-15)8-4-2-3-5-10(8)19-12(13)14/h2-7,11-12,16H,15H2,1H3. The maximum Gasteiger partial charge on any atom is 0.387 e. The first-order valence-electron chi connectivity index (χ1n) is 5.61. The highest BCUT2D eigenvalue weighted by Gasteiger charge is 2.20. The van der Waals surface area contributed by atoms with Gasteiger partial charge in [0.2, 0.25) is 0 Å². The average molecular weight is 268 g/mol. The van der Waals surface area contributed by atoms with Crippen molar-refractivity contribution in [3.05, 3.63) is 47.8 Å². The number of para-hydroxylation sites is 1. The highest BCUT2D eigenvalue weighted by atomic mass is 19.3. The lowest BCUT2D eigenvalue weighted by Gasteiger charge is -2.18. The second-order valence-corrected chi connectivity index (χ2v) is 3.93. The van der Waals surface area contributed by atoms with Crippen molar-refractivity contribution in [2.75, 3.05) is 0 Å². The number of nitrogens with zero attached hydrogens (tertiary/aromatic N) is 2. The average Bonchev–Trinajstić information content (AvgIpc) is 2.78. The van der Waals surface area contributed by atoms with Crippen molar-refractivity contribution in [1.29, 1.82) is 0 Å². The molecule has 0 fully saturated rings. The van der Waals surface area contributed by atoms with E-state index in [9.17, 15) is 8.78 Å².